The van der Waals surface area contributed by atoms with Crippen molar-refractivity contribution in [2.45, 2.75) is 18.0 Å². The summed E-state index contributed by atoms with van der Waals surface area (Å²) >= 11 is 0. The first-order chi connectivity index (χ1) is 7.64. The van der Waals surface area contributed by atoms with E-state index in [1.807, 2.05) is 0 Å². The van der Waals surface area contributed by atoms with Crippen molar-refractivity contribution >= 4 is 10.0 Å². The number of hydroxylamine groups is 1. The highest BCUT2D eigenvalue weighted by Crippen LogP contribution is 2.14. The predicted molar refractivity (Wildman–Crippen MR) is 53.6 cm³/mol. The number of hydrogen-bond donors (Lipinski definition) is 1. The zero-order chi connectivity index (χ0) is 13.3. The molecule has 0 fully saturated rings. The zero-order valence-corrected chi connectivity index (χ0v) is 9.60. The van der Waals surface area contributed by atoms with E-state index in [4.69, 9.17) is 0 Å². The summed E-state index contributed by atoms with van der Waals surface area (Å²) in [7, 11) is -4.56. The fraction of sp³-hybridized carbons (Fsp3) is 0.333. The summed E-state index contributed by atoms with van der Waals surface area (Å²) in [6.45, 7) is -0.558. The SMILES string of the molecule is Cc1ccccc1S(=O)(=O)[NH+]([O-])CC(F)(F)F. The molecule has 4 nitrogen and oxygen atoms in total. The first-order valence-corrected chi connectivity index (χ1v) is 6.03. The van der Waals surface area contributed by atoms with Gasteiger partial charge in [-0.15, -0.1) is 0 Å². The van der Waals surface area contributed by atoms with Crippen molar-refractivity contribution in [1.29, 1.82) is 0 Å². The van der Waals surface area contributed by atoms with Gasteiger partial charge in [-0.2, -0.15) is 21.6 Å². The Morgan fingerprint density at radius 2 is 1.82 bits per heavy atom. The highest BCUT2D eigenvalue weighted by Gasteiger charge is 2.37. The van der Waals surface area contributed by atoms with Crippen molar-refractivity contribution in [3.63, 3.8) is 0 Å². The number of hydrogen-bond acceptors (Lipinski definition) is 3. The first kappa shape index (κ1) is 13.9. The van der Waals surface area contributed by atoms with E-state index in [2.05, 4.69) is 0 Å². The van der Waals surface area contributed by atoms with E-state index in [-0.39, 0.29) is 10.5 Å². The van der Waals surface area contributed by atoms with Crippen LogP contribution in [-0.4, -0.2) is 21.1 Å². The Labute approximate surface area is 96.3 Å². The van der Waals surface area contributed by atoms with Gasteiger partial charge in [-0.25, -0.2) is 0 Å². The number of aryl methyl sites for hydroxylation is 1. The molecule has 96 valence electrons. The maximum atomic E-state index is 12.0. The molecule has 0 radical (unpaired) electrons. The average molecular weight is 269 g/mol. The van der Waals surface area contributed by atoms with Crippen molar-refractivity contribution in [3.05, 3.63) is 35.0 Å². The van der Waals surface area contributed by atoms with Crippen LogP contribution in [0.1, 0.15) is 5.56 Å². The van der Waals surface area contributed by atoms with Crippen LogP contribution in [-0.2, 0) is 10.0 Å². The average Bonchev–Trinajstić information content (AvgIpc) is 2.15. The highest BCUT2D eigenvalue weighted by molar-refractivity contribution is 7.85. The number of sulfonamides is 1. The van der Waals surface area contributed by atoms with Crippen LogP contribution in [0.3, 0.4) is 0 Å². The van der Waals surface area contributed by atoms with Gasteiger partial charge in [-0.1, -0.05) is 18.2 Å². The van der Waals surface area contributed by atoms with Crippen molar-refractivity contribution in [2.24, 2.45) is 0 Å². The number of quaternary nitrogens is 1. The fourth-order valence-corrected chi connectivity index (χ4v) is 2.59. The van der Waals surface area contributed by atoms with Gasteiger partial charge in [0.05, 0.1) is 0 Å². The second-order valence-corrected chi connectivity index (χ2v) is 5.33. The molecule has 0 bridgehead atoms. The largest absolute Gasteiger partial charge is 0.618 e. The molecule has 1 N–H and O–H groups in total. The fourth-order valence-electron chi connectivity index (χ4n) is 1.24. The molecule has 0 aliphatic heterocycles. The van der Waals surface area contributed by atoms with Crippen molar-refractivity contribution < 1.29 is 26.1 Å². The molecule has 0 aliphatic rings. The van der Waals surface area contributed by atoms with E-state index in [0.29, 0.717) is 0 Å². The van der Waals surface area contributed by atoms with Crippen LogP contribution in [0.15, 0.2) is 29.2 Å². The summed E-state index contributed by atoms with van der Waals surface area (Å²) in [5.41, 5.74) is 0.239. The van der Waals surface area contributed by atoms with Crippen LogP contribution in [0.5, 0.6) is 0 Å². The lowest BCUT2D eigenvalue weighted by atomic mass is 10.2. The van der Waals surface area contributed by atoms with Gasteiger partial charge in [0, 0.05) is 0 Å². The second kappa shape index (κ2) is 4.63. The van der Waals surface area contributed by atoms with Gasteiger partial charge in [0.25, 0.3) is 0 Å². The lowest BCUT2D eigenvalue weighted by Crippen LogP contribution is -3.10. The standard InChI is InChI=1S/C9H10F3NO3S/c1-7-4-2-3-5-8(7)17(15,16)13(14)6-9(10,11)12/h2-5,13H,6H2,1H3. The van der Waals surface area contributed by atoms with Gasteiger partial charge in [-0.3, -0.25) is 4.47 Å². The maximum Gasteiger partial charge on any atom is 0.439 e. The summed E-state index contributed by atoms with van der Waals surface area (Å²) in [5, 5.41) is 11.1. The van der Waals surface area contributed by atoms with Gasteiger partial charge in [-0.05, 0) is 18.6 Å². The molecule has 0 saturated carbocycles. The van der Waals surface area contributed by atoms with E-state index in [9.17, 15) is 26.8 Å². The molecular weight excluding hydrogens is 259 g/mol. The molecule has 1 atom stereocenters. The maximum absolute atomic E-state index is 12.0. The molecule has 8 heteroatoms. The molecule has 0 spiro atoms. The topological polar surface area (TPSA) is 61.6 Å². The Balaban J connectivity index is 3.09. The van der Waals surface area contributed by atoms with Crippen LogP contribution in [0.25, 0.3) is 0 Å². The first-order valence-electron chi connectivity index (χ1n) is 4.55. The second-order valence-electron chi connectivity index (χ2n) is 3.43. The van der Waals surface area contributed by atoms with E-state index >= 15 is 0 Å². The minimum Gasteiger partial charge on any atom is -0.618 e. The summed E-state index contributed by atoms with van der Waals surface area (Å²) in [5.74, 6) is 0. The molecule has 1 unspecified atom stereocenters. The predicted octanol–water partition coefficient (Wildman–Crippen LogP) is 0.629. The number of nitrogens with one attached hydrogen (secondary N) is 1. The Bertz CT molecular complexity index is 498. The number of rotatable bonds is 3. The highest BCUT2D eigenvalue weighted by atomic mass is 32.2. The van der Waals surface area contributed by atoms with Gasteiger partial charge in [0.1, 0.15) is 4.90 Å². The Morgan fingerprint density at radius 1 is 1.29 bits per heavy atom. The van der Waals surface area contributed by atoms with E-state index in [1.165, 1.54) is 25.1 Å². The summed E-state index contributed by atoms with van der Waals surface area (Å²) in [4.78, 5) is -0.380. The normalized spacial score (nSPS) is 14.6. The number of halogens is 3. The number of benzene rings is 1. The molecule has 0 saturated heterocycles. The molecular formula is C9H10F3NO3S. The number of alkyl halides is 3. The summed E-state index contributed by atoms with van der Waals surface area (Å²) < 4.78 is 57.2. The van der Waals surface area contributed by atoms with Crippen LogP contribution < -0.4 is 4.47 Å². The van der Waals surface area contributed by atoms with Gasteiger partial charge < -0.3 is 5.21 Å². The van der Waals surface area contributed by atoms with Crippen LogP contribution >= 0.6 is 0 Å². The van der Waals surface area contributed by atoms with Crippen molar-refractivity contribution in [2.75, 3.05) is 6.54 Å². The van der Waals surface area contributed by atoms with Crippen molar-refractivity contribution in [1.82, 2.24) is 0 Å². The zero-order valence-electron chi connectivity index (χ0n) is 8.78. The monoisotopic (exact) mass is 269 g/mol. The lowest BCUT2D eigenvalue weighted by Gasteiger charge is -2.23. The smallest absolute Gasteiger partial charge is 0.439 e. The van der Waals surface area contributed by atoms with Gasteiger partial charge in [0.15, 0.2) is 6.54 Å². The summed E-state index contributed by atoms with van der Waals surface area (Å²) in [6.07, 6.45) is -4.83. The molecule has 1 aromatic carbocycles. The van der Waals surface area contributed by atoms with Crippen LogP contribution in [0.4, 0.5) is 13.2 Å². The third kappa shape index (κ3) is 3.42. The van der Waals surface area contributed by atoms with Gasteiger partial charge in [0.2, 0.25) is 0 Å². The Hall–Kier alpha value is -1.12. The summed E-state index contributed by atoms with van der Waals surface area (Å²) in [6, 6.07) is 5.40. The third-order valence-electron chi connectivity index (χ3n) is 2.03. The Morgan fingerprint density at radius 3 is 2.29 bits per heavy atom. The van der Waals surface area contributed by atoms with Gasteiger partial charge >= 0.3 is 16.2 Å². The molecule has 17 heavy (non-hydrogen) atoms. The minimum atomic E-state index is -4.83. The molecule has 0 heterocycles. The lowest BCUT2D eigenvalue weighted by molar-refractivity contribution is -0.726. The van der Waals surface area contributed by atoms with Crippen molar-refractivity contribution in [3.8, 4) is 0 Å². The molecule has 0 aliphatic carbocycles. The molecule has 0 aromatic heterocycles. The molecule has 1 rings (SSSR count). The van der Waals surface area contributed by atoms with E-state index in [0.717, 1.165) is 6.07 Å². The molecule has 1 aromatic rings. The third-order valence-corrected chi connectivity index (χ3v) is 3.81. The van der Waals surface area contributed by atoms with E-state index in [1.54, 1.807) is 0 Å². The van der Waals surface area contributed by atoms with Crippen LogP contribution in [0, 0.1) is 12.1 Å². The molecule has 0 amide bonds. The Kier molecular flexibility index (Phi) is 3.80. The minimum absolute atomic E-state index is 0.239. The van der Waals surface area contributed by atoms with Crippen LogP contribution in [0.2, 0.25) is 0 Å². The van der Waals surface area contributed by atoms with E-state index < -0.39 is 27.2 Å². The quantitative estimate of drug-likeness (QED) is 0.819.